The van der Waals surface area contributed by atoms with E-state index in [0.717, 1.165) is 0 Å². The van der Waals surface area contributed by atoms with Crippen LogP contribution in [0.3, 0.4) is 0 Å². The number of methoxy groups -OCH3 is 2. The number of ether oxygens (including phenoxy) is 3. The number of hydrogen-bond acceptors (Lipinski definition) is 5. The molecule has 0 bridgehead atoms. The van der Waals surface area contributed by atoms with Crippen molar-refractivity contribution in [2.45, 2.75) is 26.4 Å². The van der Waals surface area contributed by atoms with Gasteiger partial charge < -0.3 is 19.5 Å². The minimum Gasteiger partial charge on any atom is -0.496 e. The lowest BCUT2D eigenvalue weighted by molar-refractivity contribution is 0.0532. The zero-order chi connectivity index (χ0) is 17.5. The highest BCUT2D eigenvalue weighted by Crippen LogP contribution is 2.21. The van der Waals surface area contributed by atoms with Crippen LogP contribution in [0.2, 0.25) is 0 Å². The van der Waals surface area contributed by atoms with Crippen LogP contribution in [0, 0.1) is 0 Å². The Morgan fingerprint density at radius 2 is 1.91 bits per heavy atom. The Kier molecular flexibility index (Phi) is 6.63. The quantitative estimate of drug-likeness (QED) is 0.844. The molecule has 6 heteroatoms. The third-order valence-electron chi connectivity index (χ3n) is 2.71. The van der Waals surface area contributed by atoms with Crippen molar-refractivity contribution in [2.24, 2.45) is 0 Å². The predicted octanol–water partition coefficient (Wildman–Crippen LogP) is 3.02. The molecule has 0 fully saturated rings. The van der Waals surface area contributed by atoms with Crippen molar-refractivity contribution in [3.05, 3.63) is 35.4 Å². The Morgan fingerprint density at radius 1 is 1.22 bits per heavy atom. The first kappa shape index (κ1) is 18.5. The first-order chi connectivity index (χ1) is 10.8. The molecular weight excluding hydrogens is 298 g/mol. The van der Waals surface area contributed by atoms with Gasteiger partial charge in [-0.3, -0.25) is 0 Å². The van der Waals surface area contributed by atoms with Crippen molar-refractivity contribution >= 4 is 18.1 Å². The maximum absolute atomic E-state index is 11.6. The Bertz CT molecular complexity index is 587. The van der Waals surface area contributed by atoms with Gasteiger partial charge in [0.15, 0.2) is 0 Å². The van der Waals surface area contributed by atoms with Crippen LogP contribution in [0.15, 0.2) is 24.3 Å². The number of amides is 1. The summed E-state index contributed by atoms with van der Waals surface area (Å²) in [4.78, 5) is 23.1. The molecule has 1 N–H and O–H groups in total. The maximum atomic E-state index is 11.6. The average molecular weight is 321 g/mol. The van der Waals surface area contributed by atoms with Crippen molar-refractivity contribution in [3.63, 3.8) is 0 Å². The molecule has 6 nitrogen and oxygen atoms in total. The van der Waals surface area contributed by atoms with Gasteiger partial charge in [-0.1, -0.05) is 12.2 Å². The molecule has 0 aliphatic carbocycles. The summed E-state index contributed by atoms with van der Waals surface area (Å²) < 4.78 is 15.1. The van der Waals surface area contributed by atoms with Crippen LogP contribution in [0.5, 0.6) is 5.75 Å². The van der Waals surface area contributed by atoms with E-state index in [1.807, 2.05) is 0 Å². The molecule has 0 heterocycles. The lowest BCUT2D eigenvalue weighted by Crippen LogP contribution is -2.32. The van der Waals surface area contributed by atoms with Crippen LogP contribution in [0.4, 0.5) is 4.79 Å². The van der Waals surface area contributed by atoms with Crippen molar-refractivity contribution in [1.82, 2.24) is 5.32 Å². The van der Waals surface area contributed by atoms with Gasteiger partial charge in [0.1, 0.15) is 11.4 Å². The van der Waals surface area contributed by atoms with E-state index < -0.39 is 17.7 Å². The van der Waals surface area contributed by atoms with Crippen LogP contribution < -0.4 is 10.1 Å². The zero-order valence-corrected chi connectivity index (χ0v) is 14.1. The summed E-state index contributed by atoms with van der Waals surface area (Å²) >= 11 is 0. The van der Waals surface area contributed by atoms with E-state index in [1.54, 1.807) is 58.2 Å². The Balaban J connectivity index is 2.71. The van der Waals surface area contributed by atoms with Crippen LogP contribution in [-0.2, 0) is 9.47 Å². The summed E-state index contributed by atoms with van der Waals surface area (Å²) in [7, 11) is 2.87. The van der Waals surface area contributed by atoms with Gasteiger partial charge in [-0.2, -0.15) is 0 Å². The lowest BCUT2D eigenvalue weighted by Gasteiger charge is -2.19. The van der Waals surface area contributed by atoms with E-state index in [2.05, 4.69) is 5.32 Å². The third kappa shape index (κ3) is 6.42. The standard InChI is InChI=1S/C17H23NO5/c1-17(2,3)23-16(20)18-10-6-7-12-11-13(15(19)22-5)8-9-14(12)21-4/h6-9,11H,10H2,1-5H3,(H,18,20). The first-order valence-corrected chi connectivity index (χ1v) is 7.16. The smallest absolute Gasteiger partial charge is 0.407 e. The second-order valence-electron chi connectivity index (χ2n) is 5.73. The monoisotopic (exact) mass is 321 g/mol. The highest BCUT2D eigenvalue weighted by molar-refractivity contribution is 5.90. The van der Waals surface area contributed by atoms with Crippen molar-refractivity contribution in [3.8, 4) is 5.75 Å². The number of rotatable bonds is 5. The van der Waals surface area contributed by atoms with Gasteiger partial charge in [0, 0.05) is 12.1 Å². The number of carbonyl (C=O) groups is 2. The van der Waals surface area contributed by atoms with E-state index in [0.29, 0.717) is 23.4 Å². The summed E-state index contributed by atoms with van der Waals surface area (Å²) in [5.74, 6) is 0.195. The highest BCUT2D eigenvalue weighted by Gasteiger charge is 2.15. The fourth-order valence-electron chi connectivity index (χ4n) is 1.75. The van der Waals surface area contributed by atoms with Crippen LogP contribution in [-0.4, -0.2) is 38.4 Å². The first-order valence-electron chi connectivity index (χ1n) is 7.16. The molecule has 0 aliphatic rings. The average Bonchev–Trinajstić information content (AvgIpc) is 2.48. The van der Waals surface area contributed by atoms with Gasteiger partial charge in [-0.25, -0.2) is 9.59 Å². The minimum absolute atomic E-state index is 0.292. The summed E-state index contributed by atoms with van der Waals surface area (Å²) in [6.45, 7) is 5.68. The molecular formula is C17H23NO5. The largest absolute Gasteiger partial charge is 0.496 e. The normalized spacial score (nSPS) is 11.2. The van der Waals surface area contributed by atoms with Crippen molar-refractivity contribution in [1.29, 1.82) is 0 Å². The molecule has 126 valence electrons. The second-order valence-corrected chi connectivity index (χ2v) is 5.73. The molecule has 1 aromatic carbocycles. The van der Waals surface area contributed by atoms with Gasteiger partial charge >= 0.3 is 12.1 Å². The maximum Gasteiger partial charge on any atom is 0.407 e. The Labute approximate surface area is 136 Å². The summed E-state index contributed by atoms with van der Waals surface area (Å²) in [5.41, 5.74) is 0.598. The second kappa shape index (κ2) is 8.22. The number of alkyl carbamates (subject to hydrolysis) is 1. The van der Waals surface area contributed by atoms with Crippen LogP contribution >= 0.6 is 0 Å². The molecule has 0 atom stereocenters. The van der Waals surface area contributed by atoms with Gasteiger partial charge in [0.05, 0.1) is 19.8 Å². The zero-order valence-electron chi connectivity index (χ0n) is 14.1. The van der Waals surface area contributed by atoms with E-state index in [9.17, 15) is 9.59 Å². The van der Waals surface area contributed by atoms with Gasteiger partial charge in [-0.05, 0) is 39.0 Å². The van der Waals surface area contributed by atoms with Gasteiger partial charge in [0.2, 0.25) is 0 Å². The lowest BCUT2D eigenvalue weighted by atomic mass is 10.1. The van der Waals surface area contributed by atoms with E-state index in [4.69, 9.17) is 14.2 Å². The molecule has 0 saturated carbocycles. The molecule has 1 rings (SSSR count). The molecule has 0 unspecified atom stereocenters. The SMILES string of the molecule is COC(=O)c1ccc(OC)c(C=CCNC(=O)OC(C)(C)C)c1. The van der Waals surface area contributed by atoms with E-state index in [1.165, 1.54) is 7.11 Å². The Morgan fingerprint density at radius 3 is 2.48 bits per heavy atom. The molecule has 1 amide bonds. The number of esters is 1. The number of benzene rings is 1. The van der Waals surface area contributed by atoms with Crippen LogP contribution in [0.1, 0.15) is 36.7 Å². The fourth-order valence-corrected chi connectivity index (χ4v) is 1.75. The number of carbonyl (C=O) groups excluding carboxylic acids is 2. The predicted molar refractivity (Wildman–Crippen MR) is 87.6 cm³/mol. The number of nitrogens with one attached hydrogen (secondary N) is 1. The van der Waals surface area contributed by atoms with Gasteiger partial charge in [-0.15, -0.1) is 0 Å². The molecule has 0 aromatic heterocycles. The summed E-state index contributed by atoms with van der Waals surface area (Å²) in [6.07, 6.45) is 3.00. The molecule has 0 spiro atoms. The Hall–Kier alpha value is -2.50. The van der Waals surface area contributed by atoms with Crippen LogP contribution in [0.25, 0.3) is 6.08 Å². The van der Waals surface area contributed by atoms with Crippen molar-refractivity contribution < 1.29 is 23.8 Å². The molecule has 0 saturated heterocycles. The molecule has 0 radical (unpaired) electrons. The summed E-state index contributed by atoms with van der Waals surface area (Å²) in [5, 5.41) is 2.62. The fraction of sp³-hybridized carbons (Fsp3) is 0.412. The van der Waals surface area contributed by atoms with Gasteiger partial charge in [0.25, 0.3) is 0 Å². The highest BCUT2D eigenvalue weighted by atomic mass is 16.6. The molecule has 23 heavy (non-hydrogen) atoms. The third-order valence-corrected chi connectivity index (χ3v) is 2.71. The van der Waals surface area contributed by atoms with E-state index in [-0.39, 0.29) is 0 Å². The minimum atomic E-state index is -0.536. The summed E-state index contributed by atoms with van der Waals surface area (Å²) in [6, 6.07) is 4.98. The molecule has 1 aromatic rings. The molecule has 0 aliphatic heterocycles. The van der Waals surface area contributed by atoms with Crippen molar-refractivity contribution in [2.75, 3.05) is 20.8 Å². The topological polar surface area (TPSA) is 73.9 Å². The number of hydrogen-bond donors (Lipinski definition) is 1. The van der Waals surface area contributed by atoms with E-state index >= 15 is 0 Å².